The highest BCUT2D eigenvalue weighted by Crippen LogP contribution is 2.21. The number of hydrogen-bond donors (Lipinski definition) is 2. The SMILES string of the molecule is COc1ccc(C(CCc2cnn(C)c2)NN)cc1. The van der Waals surface area contributed by atoms with Gasteiger partial charge in [0, 0.05) is 19.3 Å². The number of rotatable bonds is 6. The van der Waals surface area contributed by atoms with Crippen LogP contribution in [0.25, 0.3) is 0 Å². The number of hydrazine groups is 1. The van der Waals surface area contributed by atoms with Crippen molar-refractivity contribution < 1.29 is 4.74 Å². The number of nitrogens with two attached hydrogens (primary N) is 1. The molecule has 1 heterocycles. The highest BCUT2D eigenvalue weighted by Gasteiger charge is 2.10. The largest absolute Gasteiger partial charge is 0.497 e. The van der Waals surface area contributed by atoms with Crippen LogP contribution in [0.3, 0.4) is 0 Å². The van der Waals surface area contributed by atoms with Crippen molar-refractivity contribution in [2.45, 2.75) is 18.9 Å². The lowest BCUT2D eigenvalue weighted by Gasteiger charge is -2.16. The zero-order valence-electron chi connectivity index (χ0n) is 11.3. The highest BCUT2D eigenvalue weighted by atomic mass is 16.5. The van der Waals surface area contributed by atoms with Gasteiger partial charge >= 0.3 is 0 Å². The van der Waals surface area contributed by atoms with Gasteiger partial charge in [-0.15, -0.1) is 0 Å². The Labute approximate surface area is 113 Å². The van der Waals surface area contributed by atoms with Crippen LogP contribution in [0.15, 0.2) is 36.7 Å². The maximum absolute atomic E-state index is 5.64. The van der Waals surface area contributed by atoms with Crippen molar-refractivity contribution in [1.29, 1.82) is 0 Å². The van der Waals surface area contributed by atoms with Crippen molar-refractivity contribution in [3.05, 3.63) is 47.8 Å². The van der Waals surface area contributed by atoms with Gasteiger partial charge in [-0.2, -0.15) is 5.10 Å². The molecule has 1 atom stereocenters. The van der Waals surface area contributed by atoms with E-state index in [0.29, 0.717) is 0 Å². The summed E-state index contributed by atoms with van der Waals surface area (Å²) >= 11 is 0. The van der Waals surface area contributed by atoms with Gasteiger partial charge in [0.25, 0.3) is 0 Å². The first-order valence-electron chi connectivity index (χ1n) is 6.30. The molecule has 0 fully saturated rings. The van der Waals surface area contributed by atoms with E-state index in [2.05, 4.69) is 10.5 Å². The number of aryl methyl sites for hydroxylation is 2. The average molecular weight is 260 g/mol. The third-order valence-corrected chi connectivity index (χ3v) is 3.20. The fraction of sp³-hybridized carbons (Fsp3) is 0.357. The Morgan fingerprint density at radius 3 is 2.63 bits per heavy atom. The zero-order chi connectivity index (χ0) is 13.7. The van der Waals surface area contributed by atoms with E-state index in [9.17, 15) is 0 Å². The summed E-state index contributed by atoms with van der Waals surface area (Å²) in [5, 5.41) is 4.16. The second kappa shape index (κ2) is 6.36. The molecule has 19 heavy (non-hydrogen) atoms. The molecule has 0 spiro atoms. The van der Waals surface area contributed by atoms with E-state index in [4.69, 9.17) is 10.6 Å². The molecule has 0 aliphatic rings. The standard InChI is InChI=1S/C14H20N4O/c1-18-10-11(9-16-18)3-8-14(17-15)12-4-6-13(19-2)7-5-12/h4-7,9-10,14,17H,3,8,15H2,1-2H3. The molecule has 0 saturated heterocycles. The molecule has 2 rings (SSSR count). The molecule has 1 aromatic carbocycles. The zero-order valence-corrected chi connectivity index (χ0v) is 11.3. The van der Waals surface area contributed by atoms with Crippen molar-refractivity contribution in [3.8, 4) is 5.75 Å². The van der Waals surface area contributed by atoms with Crippen LogP contribution in [-0.4, -0.2) is 16.9 Å². The molecule has 5 nitrogen and oxygen atoms in total. The van der Waals surface area contributed by atoms with Crippen LogP contribution < -0.4 is 16.0 Å². The number of nitrogens with one attached hydrogen (secondary N) is 1. The summed E-state index contributed by atoms with van der Waals surface area (Å²) in [5.74, 6) is 6.50. The number of methoxy groups -OCH3 is 1. The van der Waals surface area contributed by atoms with Crippen LogP contribution in [-0.2, 0) is 13.5 Å². The molecule has 0 bridgehead atoms. The minimum absolute atomic E-state index is 0.131. The Bertz CT molecular complexity index is 506. The molecule has 0 radical (unpaired) electrons. The van der Waals surface area contributed by atoms with E-state index in [0.717, 1.165) is 24.2 Å². The van der Waals surface area contributed by atoms with E-state index < -0.39 is 0 Å². The quantitative estimate of drug-likeness (QED) is 0.611. The van der Waals surface area contributed by atoms with Gasteiger partial charge in [-0.3, -0.25) is 16.0 Å². The third-order valence-electron chi connectivity index (χ3n) is 3.20. The van der Waals surface area contributed by atoms with Crippen LogP contribution in [0.1, 0.15) is 23.6 Å². The van der Waals surface area contributed by atoms with Gasteiger partial charge in [-0.1, -0.05) is 12.1 Å². The number of aromatic nitrogens is 2. The van der Waals surface area contributed by atoms with Gasteiger partial charge in [0.1, 0.15) is 5.75 Å². The van der Waals surface area contributed by atoms with Gasteiger partial charge in [-0.05, 0) is 36.1 Å². The second-order valence-corrected chi connectivity index (χ2v) is 4.55. The van der Waals surface area contributed by atoms with Gasteiger partial charge in [0.2, 0.25) is 0 Å². The lowest BCUT2D eigenvalue weighted by molar-refractivity contribution is 0.414. The molecule has 3 N–H and O–H groups in total. The van der Waals surface area contributed by atoms with E-state index in [1.54, 1.807) is 7.11 Å². The van der Waals surface area contributed by atoms with Gasteiger partial charge in [-0.25, -0.2) is 0 Å². The lowest BCUT2D eigenvalue weighted by atomic mass is 10.0. The lowest BCUT2D eigenvalue weighted by Crippen LogP contribution is -2.28. The molecule has 1 aromatic heterocycles. The normalized spacial score (nSPS) is 12.4. The smallest absolute Gasteiger partial charge is 0.118 e. The van der Waals surface area contributed by atoms with Crippen LogP contribution in [0.5, 0.6) is 5.75 Å². The van der Waals surface area contributed by atoms with Gasteiger partial charge < -0.3 is 4.74 Å². The summed E-state index contributed by atoms with van der Waals surface area (Å²) in [6.07, 6.45) is 5.78. The van der Waals surface area contributed by atoms with Crippen molar-refractivity contribution in [3.63, 3.8) is 0 Å². The van der Waals surface area contributed by atoms with Crippen LogP contribution in [0.2, 0.25) is 0 Å². The summed E-state index contributed by atoms with van der Waals surface area (Å²) in [6, 6.07) is 8.10. The van der Waals surface area contributed by atoms with Crippen molar-refractivity contribution >= 4 is 0 Å². The first kappa shape index (κ1) is 13.6. The molecule has 0 saturated carbocycles. The Morgan fingerprint density at radius 1 is 1.37 bits per heavy atom. The first-order chi connectivity index (χ1) is 9.22. The van der Waals surface area contributed by atoms with Crippen molar-refractivity contribution in [2.24, 2.45) is 12.9 Å². The maximum Gasteiger partial charge on any atom is 0.118 e. The molecule has 102 valence electrons. The Hall–Kier alpha value is -1.85. The Morgan fingerprint density at radius 2 is 2.11 bits per heavy atom. The van der Waals surface area contributed by atoms with E-state index in [-0.39, 0.29) is 6.04 Å². The van der Waals surface area contributed by atoms with Crippen molar-refractivity contribution in [2.75, 3.05) is 7.11 Å². The molecule has 0 aliphatic carbocycles. The molecule has 1 unspecified atom stereocenters. The van der Waals surface area contributed by atoms with E-state index in [1.165, 1.54) is 5.56 Å². The molecular formula is C14H20N4O. The highest BCUT2D eigenvalue weighted by molar-refractivity contribution is 5.29. The van der Waals surface area contributed by atoms with E-state index in [1.807, 2.05) is 48.4 Å². The number of benzene rings is 1. The van der Waals surface area contributed by atoms with Crippen molar-refractivity contribution in [1.82, 2.24) is 15.2 Å². The summed E-state index contributed by atoms with van der Waals surface area (Å²) in [6.45, 7) is 0. The number of nitrogens with zero attached hydrogens (tertiary/aromatic N) is 2. The molecular weight excluding hydrogens is 240 g/mol. The molecule has 0 aliphatic heterocycles. The monoisotopic (exact) mass is 260 g/mol. The summed E-state index contributed by atoms with van der Waals surface area (Å²) in [7, 11) is 3.59. The third kappa shape index (κ3) is 3.56. The summed E-state index contributed by atoms with van der Waals surface area (Å²) in [5.41, 5.74) is 5.24. The Balaban J connectivity index is 1.98. The van der Waals surface area contributed by atoms with Crippen LogP contribution in [0, 0.1) is 0 Å². The predicted molar refractivity (Wildman–Crippen MR) is 74.6 cm³/mol. The van der Waals surface area contributed by atoms with Gasteiger partial charge in [0.15, 0.2) is 0 Å². The predicted octanol–water partition coefficient (Wildman–Crippen LogP) is 1.57. The van der Waals surface area contributed by atoms with E-state index >= 15 is 0 Å². The first-order valence-corrected chi connectivity index (χ1v) is 6.30. The van der Waals surface area contributed by atoms with Crippen LogP contribution in [0.4, 0.5) is 0 Å². The maximum atomic E-state index is 5.64. The molecule has 0 amide bonds. The fourth-order valence-electron chi connectivity index (χ4n) is 2.09. The molecule has 2 aromatic rings. The minimum Gasteiger partial charge on any atom is -0.497 e. The minimum atomic E-state index is 0.131. The average Bonchev–Trinajstić information content (AvgIpc) is 2.86. The number of ether oxygens (including phenoxy) is 1. The van der Waals surface area contributed by atoms with Gasteiger partial charge in [0.05, 0.1) is 13.3 Å². The Kier molecular flexibility index (Phi) is 4.54. The fourth-order valence-corrected chi connectivity index (χ4v) is 2.09. The summed E-state index contributed by atoms with van der Waals surface area (Å²) < 4.78 is 6.97. The number of hydrogen-bond acceptors (Lipinski definition) is 4. The second-order valence-electron chi connectivity index (χ2n) is 4.55. The topological polar surface area (TPSA) is 65.1 Å². The summed E-state index contributed by atoms with van der Waals surface area (Å²) in [4.78, 5) is 0. The molecule has 5 heteroatoms. The van der Waals surface area contributed by atoms with Crippen LogP contribution >= 0.6 is 0 Å².